The third kappa shape index (κ3) is 2.49. The van der Waals surface area contributed by atoms with Gasteiger partial charge in [0.15, 0.2) is 0 Å². The van der Waals surface area contributed by atoms with Crippen LogP contribution in [-0.4, -0.2) is 24.4 Å². The van der Waals surface area contributed by atoms with Crippen molar-refractivity contribution in [2.75, 3.05) is 14.2 Å². The number of rotatable bonds is 4. The number of aromatic amines is 1. The minimum absolute atomic E-state index is 0.799. The van der Waals surface area contributed by atoms with Crippen LogP contribution in [0.1, 0.15) is 22.4 Å². The van der Waals surface area contributed by atoms with Gasteiger partial charge in [-0.05, 0) is 56.6 Å². The minimum Gasteiger partial charge on any atom is -0.496 e. The maximum Gasteiger partial charge on any atom is 0.124 e. The average Bonchev–Trinajstić information content (AvgIpc) is 2.71. The summed E-state index contributed by atoms with van der Waals surface area (Å²) in [6.45, 7) is 7.02. The molecule has 0 radical (unpaired) electrons. The van der Waals surface area contributed by atoms with E-state index in [1.165, 1.54) is 5.56 Å². The Morgan fingerprint density at radius 1 is 1.21 bits per heavy atom. The second kappa shape index (κ2) is 5.45. The SMILES string of the molecule is CNCc1[nH]nc(-c2cc(C)c(OC)c(C)c2)c1C. The number of hydrogen-bond donors (Lipinski definition) is 2. The summed E-state index contributed by atoms with van der Waals surface area (Å²) in [6, 6.07) is 4.25. The fourth-order valence-corrected chi connectivity index (χ4v) is 2.47. The highest BCUT2D eigenvalue weighted by Crippen LogP contribution is 2.31. The monoisotopic (exact) mass is 259 g/mol. The van der Waals surface area contributed by atoms with Crippen LogP contribution in [-0.2, 0) is 6.54 Å². The van der Waals surface area contributed by atoms with Crippen LogP contribution in [0.2, 0.25) is 0 Å². The first-order chi connectivity index (χ1) is 9.08. The van der Waals surface area contributed by atoms with Gasteiger partial charge in [0, 0.05) is 12.1 Å². The lowest BCUT2D eigenvalue weighted by Crippen LogP contribution is -2.06. The molecule has 0 unspecified atom stereocenters. The third-order valence-electron chi connectivity index (χ3n) is 3.40. The van der Waals surface area contributed by atoms with Crippen molar-refractivity contribution >= 4 is 0 Å². The molecule has 1 aromatic carbocycles. The summed E-state index contributed by atoms with van der Waals surface area (Å²) in [5, 5.41) is 10.7. The standard InChI is InChI=1S/C15H21N3O/c1-9-6-12(7-10(2)15(9)19-5)14-11(3)13(8-16-4)17-18-14/h6-7,16H,8H2,1-5H3,(H,17,18). The van der Waals surface area contributed by atoms with Crippen LogP contribution in [0, 0.1) is 20.8 Å². The molecule has 0 aliphatic rings. The van der Waals surface area contributed by atoms with Crippen LogP contribution < -0.4 is 10.1 Å². The Morgan fingerprint density at radius 3 is 2.37 bits per heavy atom. The zero-order valence-electron chi connectivity index (χ0n) is 12.2. The summed E-state index contributed by atoms with van der Waals surface area (Å²) >= 11 is 0. The van der Waals surface area contributed by atoms with Gasteiger partial charge in [0.05, 0.1) is 18.5 Å². The number of nitrogens with zero attached hydrogens (tertiary/aromatic N) is 1. The fraction of sp³-hybridized carbons (Fsp3) is 0.400. The van der Waals surface area contributed by atoms with Crippen molar-refractivity contribution in [3.63, 3.8) is 0 Å². The highest BCUT2D eigenvalue weighted by Gasteiger charge is 2.13. The molecule has 2 N–H and O–H groups in total. The smallest absolute Gasteiger partial charge is 0.124 e. The largest absolute Gasteiger partial charge is 0.496 e. The van der Waals surface area contributed by atoms with E-state index in [4.69, 9.17) is 4.74 Å². The normalized spacial score (nSPS) is 10.8. The van der Waals surface area contributed by atoms with Gasteiger partial charge < -0.3 is 10.1 Å². The Balaban J connectivity index is 2.48. The summed E-state index contributed by atoms with van der Waals surface area (Å²) in [6.07, 6.45) is 0. The average molecular weight is 259 g/mol. The second-order valence-electron chi connectivity index (χ2n) is 4.85. The minimum atomic E-state index is 0.799. The number of methoxy groups -OCH3 is 1. The molecule has 2 aromatic rings. The van der Waals surface area contributed by atoms with Crippen LogP contribution in [0.5, 0.6) is 5.75 Å². The summed E-state index contributed by atoms with van der Waals surface area (Å²) in [5.41, 5.74) is 6.73. The molecule has 102 valence electrons. The zero-order chi connectivity index (χ0) is 14.0. The number of aromatic nitrogens is 2. The predicted molar refractivity (Wildman–Crippen MR) is 77.6 cm³/mol. The number of benzene rings is 1. The van der Waals surface area contributed by atoms with E-state index in [9.17, 15) is 0 Å². The Hall–Kier alpha value is -1.81. The van der Waals surface area contributed by atoms with Gasteiger partial charge in [-0.15, -0.1) is 0 Å². The highest BCUT2D eigenvalue weighted by atomic mass is 16.5. The zero-order valence-corrected chi connectivity index (χ0v) is 12.2. The summed E-state index contributed by atoms with van der Waals surface area (Å²) < 4.78 is 5.40. The molecular weight excluding hydrogens is 238 g/mol. The summed E-state index contributed by atoms with van der Waals surface area (Å²) in [7, 11) is 3.64. The van der Waals surface area contributed by atoms with E-state index in [1.54, 1.807) is 7.11 Å². The van der Waals surface area contributed by atoms with Crippen molar-refractivity contribution in [2.24, 2.45) is 0 Å². The lowest BCUT2D eigenvalue weighted by atomic mass is 10.0. The van der Waals surface area contributed by atoms with E-state index in [1.807, 2.05) is 7.05 Å². The highest BCUT2D eigenvalue weighted by molar-refractivity contribution is 5.67. The number of nitrogens with one attached hydrogen (secondary N) is 2. The van der Waals surface area contributed by atoms with Crippen LogP contribution in [0.3, 0.4) is 0 Å². The lowest BCUT2D eigenvalue weighted by molar-refractivity contribution is 0.408. The number of hydrogen-bond acceptors (Lipinski definition) is 3. The Labute approximate surface area is 114 Å². The molecule has 0 spiro atoms. The number of H-pyrrole nitrogens is 1. The molecule has 1 heterocycles. The fourth-order valence-electron chi connectivity index (χ4n) is 2.47. The lowest BCUT2D eigenvalue weighted by Gasteiger charge is -2.10. The maximum atomic E-state index is 5.40. The first-order valence-electron chi connectivity index (χ1n) is 6.42. The topological polar surface area (TPSA) is 49.9 Å². The van der Waals surface area contributed by atoms with Crippen molar-refractivity contribution in [1.82, 2.24) is 15.5 Å². The van der Waals surface area contributed by atoms with Gasteiger partial charge in [-0.1, -0.05) is 0 Å². The van der Waals surface area contributed by atoms with Crippen molar-refractivity contribution in [2.45, 2.75) is 27.3 Å². The van der Waals surface area contributed by atoms with Crippen molar-refractivity contribution < 1.29 is 4.74 Å². The number of aryl methyl sites for hydroxylation is 2. The van der Waals surface area contributed by atoms with Crippen molar-refractivity contribution in [1.29, 1.82) is 0 Å². The van der Waals surface area contributed by atoms with Gasteiger partial charge >= 0.3 is 0 Å². The van der Waals surface area contributed by atoms with Gasteiger partial charge in [0.2, 0.25) is 0 Å². The van der Waals surface area contributed by atoms with Gasteiger partial charge in [-0.2, -0.15) is 5.10 Å². The summed E-state index contributed by atoms with van der Waals surface area (Å²) in [4.78, 5) is 0. The Bertz CT molecular complexity index is 564. The van der Waals surface area contributed by atoms with Crippen LogP contribution in [0.25, 0.3) is 11.3 Å². The molecule has 0 aliphatic carbocycles. The van der Waals surface area contributed by atoms with Gasteiger partial charge in [-0.3, -0.25) is 5.10 Å². The van der Waals surface area contributed by atoms with Crippen LogP contribution in [0.15, 0.2) is 12.1 Å². The van der Waals surface area contributed by atoms with Crippen LogP contribution >= 0.6 is 0 Å². The first kappa shape index (κ1) is 13.6. The molecule has 2 rings (SSSR count). The molecule has 0 atom stereocenters. The van der Waals surface area contributed by atoms with Crippen LogP contribution in [0.4, 0.5) is 0 Å². The molecule has 0 fully saturated rings. The Morgan fingerprint density at radius 2 is 1.84 bits per heavy atom. The maximum absolute atomic E-state index is 5.40. The molecule has 0 aliphatic heterocycles. The second-order valence-corrected chi connectivity index (χ2v) is 4.85. The molecule has 4 heteroatoms. The number of ether oxygens (including phenoxy) is 1. The molecule has 0 amide bonds. The first-order valence-corrected chi connectivity index (χ1v) is 6.42. The van der Waals surface area contributed by atoms with E-state index >= 15 is 0 Å². The van der Waals surface area contributed by atoms with Gasteiger partial charge in [0.1, 0.15) is 5.75 Å². The van der Waals surface area contributed by atoms with E-state index in [0.717, 1.165) is 40.4 Å². The summed E-state index contributed by atoms with van der Waals surface area (Å²) in [5.74, 6) is 0.951. The quantitative estimate of drug-likeness (QED) is 0.887. The van der Waals surface area contributed by atoms with Crippen molar-refractivity contribution in [3.8, 4) is 17.0 Å². The van der Waals surface area contributed by atoms with E-state index in [0.29, 0.717) is 0 Å². The van der Waals surface area contributed by atoms with Gasteiger partial charge in [0.25, 0.3) is 0 Å². The molecule has 4 nitrogen and oxygen atoms in total. The molecule has 0 bridgehead atoms. The van der Waals surface area contributed by atoms with E-state index in [-0.39, 0.29) is 0 Å². The van der Waals surface area contributed by atoms with Crippen molar-refractivity contribution in [3.05, 3.63) is 34.5 Å². The van der Waals surface area contributed by atoms with E-state index in [2.05, 4.69) is 48.4 Å². The van der Waals surface area contributed by atoms with Gasteiger partial charge in [-0.25, -0.2) is 0 Å². The molecular formula is C15H21N3O. The molecule has 0 saturated heterocycles. The molecule has 19 heavy (non-hydrogen) atoms. The Kier molecular flexibility index (Phi) is 3.90. The molecule has 1 aromatic heterocycles. The predicted octanol–water partition coefficient (Wildman–Crippen LogP) is 2.73. The van der Waals surface area contributed by atoms with E-state index < -0.39 is 0 Å². The third-order valence-corrected chi connectivity index (χ3v) is 3.40. The molecule has 0 saturated carbocycles.